The molecule has 2 rings (SSSR count). The first-order chi connectivity index (χ1) is 9.65. The molecule has 0 aliphatic heterocycles. The highest BCUT2D eigenvalue weighted by Gasteiger charge is 2.13. The van der Waals surface area contributed by atoms with Crippen molar-refractivity contribution in [3.8, 4) is 0 Å². The van der Waals surface area contributed by atoms with Crippen molar-refractivity contribution < 1.29 is 0 Å². The van der Waals surface area contributed by atoms with Gasteiger partial charge in [0.2, 0.25) is 0 Å². The zero-order valence-corrected chi connectivity index (χ0v) is 14.1. The van der Waals surface area contributed by atoms with Crippen LogP contribution < -0.4 is 5.32 Å². The molecule has 0 unspecified atom stereocenters. The van der Waals surface area contributed by atoms with E-state index in [0.29, 0.717) is 0 Å². The van der Waals surface area contributed by atoms with Gasteiger partial charge >= 0.3 is 0 Å². The number of aromatic nitrogens is 2. The zero-order valence-electron chi connectivity index (χ0n) is 11.7. The van der Waals surface area contributed by atoms with Crippen LogP contribution in [-0.4, -0.2) is 16.3 Å². The lowest BCUT2D eigenvalue weighted by atomic mass is 10.3. The number of aryl methyl sites for hydroxylation is 2. The molecule has 0 radical (unpaired) electrons. The van der Waals surface area contributed by atoms with Crippen molar-refractivity contribution in [3.63, 3.8) is 0 Å². The van der Waals surface area contributed by atoms with E-state index in [4.69, 9.17) is 23.2 Å². The van der Waals surface area contributed by atoms with Crippen molar-refractivity contribution in [1.82, 2.24) is 15.1 Å². The molecule has 6 heteroatoms. The summed E-state index contributed by atoms with van der Waals surface area (Å²) in [5.41, 5.74) is 2.06. The quantitative estimate of drug-likeness (QED) is 0.772. The summed E-state index contributed by atoms with van der Waals surface area (Å²) in [6.45, 7) is 6.66. The Bertz CT molecular complexity index is 563. The largest absolute Gasteiger partial charge is 0.311 e. The second-order valence-corrected chi connectivity index (χ2v) is 6.69. The molecule has 0 spiro atoms. The SMILES string of the molecule is CCc1nn(CC)c(CNCCc2ccc(Cl)s2)c1Cl. The summed E-state index contributed by atoms with van der Waals surface area (Å²) >= 11 is 13.9. The molecule has 0 saturated carbocycles. The zero-order chi connectivity index (χ0) is 14.5. The maximum absolute atomic E-state index is 6.37. The Kier molecular flexibility index (Phi) is 5.90. The lowest BCUT2D eigenvalue weighted by molar-refractivity contribution is 0.579. The molecule has 1 N–H and O–H groups in total. The number of halogens is 2. The van der Waals surface area contributed by atoms with Gasteiger partial charge in [-0.2, -0.15) is 5.10 Å². The lowest BCUT2D eigenvalue weighted by Crippen LogP contribution is -2.19. The van der Waals surface area contributed by atoms with Crippen LogP contribution in [0.4, 0.5) is 0 Å². The van der Waals surface area contributed by atoms with E-state index in [0.717, 1.165) is 53.2 Å². The van der Waals surface area contributed by atoms with Crippen LogP contribution in [0.3, 0.4) is 0 Å². The minimum Gasteiger partial charge on any atom is -0.311 e. The molecule has 0 saturated heterocycles. The summed E-state index contributed by atoms with van der Waals surface area (Å²) in [7, 11) is 0. The highest BCUT2D eigenvalue weighted by atomic mass is 35.5. The number of hydrogen-bond donors (Lipinski definition) is 1. The van der Waals surface area contributed by atoms with Crippen LogP contribution in [0.5, 0.6) is 0 Å². The van der Waals surface area contributed by atoms with Gasteiger partial charge in [0, 0.05) is 24.5 Å². The van der Waals surface area contributed by atoms with Crippen LogP contribution in [-0.2, 0) is 25.9 Å². The first-order valence-corrected chi connectivity index (χ1v) is 8.41. The lowest BCUT2D eigenvalue weighted by Gasteiger charge is -2.07. The molecule has 0 aliphatic rings. The van der Waals surface area contributed by atoms with E-state index in [1.54, 1.807) is 11.3 Å². The highest BCUT2D eigenvalue weighted by molar-refractivity contribution is 7.16. The molecule has 110 valence electrons. The monoisotopic (exact) mass is 331 g/mol. The summed E-state index contributed by atoms with van der Waals surface area (Å²) < 4.78 is 2.83. The fourth-order valence-electron chi connectivity index (χ4n) is 2.09. The Labute approximate surface area is 133 Å². The molecule has 2 aromatic heterocycles. The van der Waals surface area contributed by atoms with Gasteiger partial charge in [-0.1, -0.05) is 30.1 Å². The molecule has 0 atom stereocenters. The molecular formula is C14H19Cl2N3S. The van der Waals surface area contributed by atoms with E-state index in [1.807, 2.05) is 10.7 Å². The minimum absolute atomic E-state index is 0.749. The first-order valence-electron chi connectivity index (χ1n) is 6.84. The average molecular weight is 332 g/mol. The van der Waals surface area contributed by atoms with Gasteiger partial charge in [-0.15, -0.1) is 11.3 Å². The summed E-state index contributed by atoms with van der Waals surface area (Å²) in [5.74, 6) is 0. The van der Waals surface area contributed by atoms with Crippen LogP contribution in [0.15, 0.2) is 12.1 Å². The van der Waals surface area contributed by atoms with Crippen LogP contribution >= 0.6 is 34.5 Å². The molecule has 0 bridgehead atoms. The van der Waals surface area contributed by atoms with E-state index in [9.17, 15) is 0 Å². The van der Waals surface area contributed by atoms with Gasteiger partial charge in [0.05, 0.1) is 20.7 Å². The Morgan fingerprint density at radius 2 is 2.10 bits per heavy atom. The summed E-state index contributed by atoms with van der Waals surface area (Å²) in [4.78, 5) is 1.30. The van der Waals surface area contributed by atoms with Crippen LogP contribution in [0, 0.1) is 0 Å². The Balaban J connectivity index is 1.89. The van der Waals surface area contributed by atoms with Crippen molar-refractivity contribution in [3.05, 3.63) is 37.8 Å². The van der Waals surface area contributed by atoms with Gasteiger partial charge < -0.3 is 5.32 Å². The molecule has 2 heterocycles. The summed E-state index contributed by atoms with van der Waals surface area (Å²) in [6.07, 6.45) is 1.85. The highest BCUT2D eigenvalue weighted by Crippen LogP contribution is 2.22. The Morgan fingerprint density at radius 3 is 2.70 bits per heavy atom. The van der Waals surface area contributed by atoms with E-state index in [-0.39, 0.29) is 0 Å². The van der Waals surface area contributed by atoms with Gasteiger partial charge in [-0.05, 0) is 31.9 Å². The smallest absolute Gasteiger partial charge is 0.0931 e. The maximum atomic E-state index is 6.37. The van der Waals surface area contributed by atoms with Crippen LogP contribution in [0.2, 0.25) is 9.36 Å². The van der Waals surface area contributed by atoms with Crippen molar-refractivity contribution in [2.75, 3.05) is 6.54 Å². The normalized spacial score (nSPS) is 11.2. The maximum Gasteiger partial charge on any atom is 0.0931 e. The predicted molar refractivity (Wildman–Crippen MR) is 87.0 cm³/mol. The Hall–Kier alpha value is -0.550. The molecule has 0 aromatic carbocycles. The van der Waals surface area contributed by atoms with Crippen molar-refractivity contribution in [1.29, 1.82) is 0 Å². The predicted octanol–water partition coefficient (Wildman–Crippen LogP) is 4.17. The third-order valence-electron chi connectivity index (χ3n) is 3.16. The molecule has 0 amide bonds. The first kappa shape index (κ1) is 15.8. The number of thiophene rings is 1. The van der Waals surface area contributed by atoms with Gasteiger partial charge in [-0.3, -0.25) is 4.68 Å². The number of rotatable bonds is 7. The fourth-order valence-corrected chi connectivity index (χ4v) is 3.51. The van der Waals surface area contributed by atoms with Crippen LogP contribution in [0.1, 0.15) is 30.1 Å². The number of nitrogens with one attached hydrogen (secondary N) is 1. The van der Waals surface area contributed by atoms with Gasteiger partial charge in [0.15, 0.2) is 0 Å². The van der Waals surface area contributed by atoms with Crippen LogP contribution in [0.25, 0.3) is 0 Å². The topological polar surface area (TPSA) is 29.9 Å². The molecule has 0 fully saturated rings. The number of nitrogens with zero attached hydrogens (tertiary/aromatic N) is 2. The van der Waals surface area contributed by atoms with Crippen molar-refractivity contribution >= 4 is 34.5 Å². The minimum atomic E-state index is 0.749. The third kappa shape index (κ3) is 3.76. The molecule has 0 aliphatic carbocycles. The van der Waals surface area contributed by atoms with E-state index < -0.39 is 0 Å². The van der Waals surface area contributed by atoms with Crippen molar-refractivity contribution in [2.24, 2.45) is 0 Å². The third-order valence-corrected chi connectivity index (χ3v) is 4.89. The number of hydrogen-bond acceptors (Lipinski definition) is 3. The molecule has 3 nitrogen and oxygen atoms in total. The average Bonchev–Trinajstić information content (AvgIpc) is 2.99. The van der Waals surface area contributed by atoms with Gasteiger partial charge in [0.25, 0.3) is 0 Å². The van der Waals surface area contributed by atoms with E-state index in [2.05, 4.69) is 30.3 Å². The fraction of sp³-hybridized carbons (Fsp3) is 0.500. The van der Waals surface area contributed by atoms with Gasteiger partial charge in [0.1, 0.15) is 0 Å². The van der Waals surface area contributed by atoms with Crippen molar-refractivity contribution in [2.45, 2.75) is 39.8 Å². The summed E-state index contributed by atoms with van der Waals surface area (Å²) in [5, 5.41) is 8.75. The van der Waals surface area contributed by atoms with E-state index in [1.165, 1.54) is 4.88 Å². The van der Waals surface area contributed by atoms with E-state index >= 15 is 0 Å². The molecular weight excluding hydrogens is 313 g/mol. The van der Waals surface area contributed by atoms with Gasteiger partial charge in [-0.25, -0.2) is 0 Å². The second-order valence-electron chi connectivity index (χ2n) is 4.51. The standard InChI is InChI=1S/C14H19Cl2N3S/c1-3-11-14(16)12(19(4-2)18-11)9-17-8-7-10-5-6-13(15)20-10/h5-6,17H,3-4,7-9H2,1-2H3. The molecule has 2 aromatic rings. The molecule has 20 heavy (non-hydrogen) atoms. The Morgan fingerprint density at radius 1 is 1.30 bits per heavy atom. The summed E-state index contributed by atoms with van der Waals surface area (Å²) in [6, 6.07) is 4.02. The second kappa shape index (κ2) is 7.46.